The van der Waals surface area contributed by atoms with Gasteiger partial charge in [0.1, 0.15) is 11.2 Å². The summed E-state index contributed by atoms with van der Waals surface area (Å²) < 4.78 is 26.2. The number of sulfonamides is 1. The minimum absolute atomic E-state index is 0.0821. The molecule has 0 aliphatic rings. The average molecular weight is 421 g/mol. The number of benzene rings is 1. The molecule has 28 heavy (non-hydrogen) atoms. The van der Waals surface area contributed by atoms with E-state index in [4.69, 9.17) is 11.6 Å². The number of hydrazine groups is 1. The first-order valence-corrected chi connectivity index (χ1v) is 10.2. The highest BCUT2D eigenvalue weighted by Gasteiger charge is 2.19. The van der Waals surface area contributed by atoms with E-state index in [-0.39, 0.29) is 15.8 Å². The predicted molar refractivity (Wildman–Crippen MR) is 106 cm³/mol. The topological polar surface area (TPSA) is 110 Å². The van der Waals surface area contributed by atoms with Crippen molar-refractivity contribution in [3.63, 3.8) is 0 Å². The molecule has 2 aromatic heterocycles. The Morgan fingerprint density at radius 1 is 1.18 bits per heavy atom. The summed E-state index contributed by atoms with van der Waals surface area (Å²) >= 11 is 5.75. The molecule has 0 aliphatic heterocycles. The van der Waals surface area contributed by atoms with E-state index in [1.807, 2.05) is 11.8 Å². The standard InChI is InChI=1S/C18H17ClN4O4S/c1-3-23-10-15(16(24)14-9-4-11(2)20-17(14)23)18(25)21-22-28(26,27)13-7-5-12(19)6-8-13/h4-10,22H,3H2,1-2H3,(H,21,25). The summed E-state index contributed by atoms with van der Waals surface area (Å²) in [6, 6.07) is 8.69. The minimum Gasteiger partial charge on any atom is -0.332 e. The molecule has 0 saturated carbocycles. The molecule has 1 amide bonds. The number of hydrogen-bond acceptors (Lipinski definition) is 5. The number of nitrogens with zero attached hydrogens (tertiary/aromatic N) is 2. The van der Waals surface area contributed by atoms with Crippen LogP contribution in [0.15, 0.2) is 52.3 Å². The highest BCUT2D eigenvalue weighted by atomic mass is 35.5. The zero-order chi connectivity index (χ0) is 20.5. The Hall–Kier alpha value is -2.75. The van der Waals surface area contributed by atoms with E-state index in [2.05, 4.69) is 10.4 Å². The van der Waals surface area contributed by atoms with Gasteiger partial charge < -0.3 is 4.57 Å². The SMILES string of the molecule is CCn1cc(C(=O)NNS(=O)(=O)c2ccc(Cl)cc2)c(=O)c2ccc(C)nc21. The predicted octanol–water partition coefficient (Wildman–Crippen LogP) is 2.00. The van der Waals surface area contributed by atoms with Crippen LogP contribution in [-0.2, 0) is 16.6 Å². The fourth-order valence-corrected chi connectivity index (χ4v) is 3.58. The molecule has 0 unspecified atom stereocenters. The largest absolute Gasteiger partial charge is 0.332 e. The Morgan fingerprint density at radius 3 is 2.50 bits per heavy atom. The van der Waals surface area contributed by atoms with Gasteiger partial charge in [0, 0.05) is 23.5 Å². The van der Waals surface area contributed by atoms with Crippen LogP contribution in [0.3, 0.4) is 0 Å². The lowest BCUT2D eigenvalue weighted by atomic mass is 10.1. The molecular weight excluding hydrogens is 404 g/mol. The Morgan fingerprint density at radius 2 is 1.86 bits per heavy atom. The van der Waals surface area contributed by atoms with E-state index in [1.165, 1.54) is 30.5 Å². The van der Waals surface area contributed by atoms with Crippen molar-refractivity contribution in [3.8, 4) is 0 Å². The Bertz CT molecular complexity index is 1220. The summed E-state index contributed by atoms with van der Waals surface area (Å²) in [6.07, 6.45) is 1.36. The fraction of sp³-hybridized carbons (Fsp3) is 0.167. The Labute approximate surface area is 166 Å². The molecule has 0 saturated heterocycles. The lowest BCUT2D eigenvalue weighted by Gasteiger charge is -2.12. The van der Waals surface area contributed by atoms with Crippen LogP contribution >= 0.6 is 11.6 Å². The lowest BCUT2D eigenvalue weighted by Crippen LogP contribution is -2.43. The first-order valence-electron chi connectivity index (χ1n) is 8.31. The number of rotatable bonds is 5. The first-order chi connectivity index (χ1) is 13.2. The average Bonchev–Trinajstić information content (AvgIpc) is 2.67. The number of aryl methyl sites for hydroxylation is 2. The second-order valence-electron chi connectivity index (χ2n) is 6.00. The maximum absolute atomic E-state index is 12.7. The summed E-state index contributed by atoms with van der Waals surface area (Å²) in [4.78, 5) is 31.4. The van der Waals surface area contributed by atoms with Crippen LogP contribution < -0.4 is 15.7 Å². The van der Waals surface area contributed by atoms with Crippen LogP contribution in [0.4, 0.5) is 0 Å². The maximum atomic E-state index is 12.7. The van der Waals surface area contributed by atoms with Gasteiger partial charge in [-0.3, -0.25) is 15.0 Å². The molecule has 10 heteroatoms. The van der Waals surface area contributed by atoms with Crippen molar-refractivity contribution in [2.24, 2.45) is 0 Å². The third kappa shape index (κ3) is 3.91. The Kier molecular flexibility index (Phi) is 5.50. The monoisotopic (exact) mass is 420 g/mol. The van der Waals surface area contributed by atoms with Gasteiger partial charge in [-0.1, -0.05) is 11.6 Å². The van der Waals surface area contributed by atoms with E-state index in [1.54, 1.807) is 23.6 Å². The zero-order valence-electron chi connectivity index (χ0n) is 15.1. The molecule has 0 atom stereocenters. The number of amides is 1. The third-order valence-electron chi connectivity index (χ3n) is 4.07. The van der Waals surface area contributed by atoms with Crippen LogP contribution in [0.2, 0.25) is 5.02 Å². The summed E-state index contributed by atoms with van der Waals surface area (Å²) in [7, 11) is -4.02. The molecule has 0 bridgehead atoms. The van der Waals surface area contributed by atoms with Gasteiger partial charge in [-0.25, -0.2) is 13.4 Å². The number of carbonyl (C=O) groups is 1. The Balaban J connectivity index is 1.91. The van der Waals surface area contributed by atoms with Crippen LogP contribution in [0, 0.1) is 6.92 Å². The van der Waals surface area contributed by atoms with Gasteiger partial charge in [0.2, 0.25) is 5.43 Å². The van der Waals surface area contributed by atoms with E-state index >= 15 is 0 Å². The van der Waals surface area contributed by atoms with Gasteiger partial charge in [-0.15, -0.1) is 4.83 Å². The molecule has 2 heterocycles. The molecule has 3 rings (SSSR count). The van der Waals surface area contributed by atoms with E-state index in [9.17, 15) is 18.0 Å². The molecule has 2 N–H and O–H groups in total. The molecule has 0 radical (unpaired) electrons. The van der Waals surface area contributed by atoms with Crippen molar-refractivity contribution in [1.29, 1.82) is 0 Å². The minimum atomic E-state index is -4.02. The van der Waals surface area contributed by atoms with E-state index < -0.39 is 21.4 Å². The molecule has 0 fully saturated rings. The summed E-state index contributed by atoms with van der Waals surface area (Å²) in [5, 5.41) is 0.656. The first kappa shape index (κ1) is 20.0. The fourth-order valence-electron chi connectivity index (χ4n) is 2.62. The quantitative estimate of drug-likeness (QED) is 0.613. The van der Waals surface area contributed by atoms with Crippen LogP contribution in [-0.4, -0.2) is 23.9 Å². The number of hydrogen-bond donors (Lipinski definition) is 2. The molecular formula is C18H17ClN4O4S. The third-order valence-corrected chi connectivity index (χ3v) is 5.58. The highest BCUT2D eigenvalue weighted by molar-refractivity contribution is 7.89. The van der Waals surface area contributed by atoms with Gasteiger partial charge in [0.15, 0.2) is 0 Å². The van der Waals surface area contributed by atoms with Gasteiger partial charge in [-0.05, 0) is 50.2 Å². The molecule has 146 valence electrons. The van der Waals surface area contributed by atoms with Crippen molar-refractivity contribution in [3.05, 3.63) is 69.1 Å². The smallest absolute Gasteiger partial charge is 0.271 e. The van der Waals surface area contributed by atoms with Gasteiger partial charge >= 0.3 is 0 Å². The van der Waals surface area contributed by atoms with Crippen molar-refractivity contribution < 1.29 is 13.2 Å². The number of aromatic nitrogens is 2. The van der Waals surface area contributed by atoms with Crippen LogP contribution in [0.5, 0.6) is 0 Å². The van der Waals surface area contributed by atoms with Crippen molar-refractivity contribution in [2.45, 2.75) is 25.3 Å². The number of pyridine rings is 2. The van der Waals surface area contributed by atoms with Crippen LogP contribution in [0.1, 0.15) is 23.0 Å². The number of carbonyl (C=O) groups excluding carboxylic acids is 1. The summed E-state index contributed by atoms with van der Waals surface area (Å²) in [5.41, 5.74) is 2.55. The normalized spacial score (nSPS) is 11.5. The lowest BCUT2D eigenvalue weighted by molar-refractivity contribution is 0.0943. The zero-order valence-corrected chi connectivity index (χ0v) is 16.6. The van der Waals surface area contributed by atoms with Gasteiger partial charge in [0.05, 0.1) is 10.3 Å². The van der Waals surface area contributed by atoms with Crippen molar-refractivity contribution in [2.75, 3.05) is 0 Å². The molecule has 1 aromatic carbocycles. The van der Waals surface area contributed by atoms with Gasteiger partial charge in [0.25, 0.3) is 15.9 Å². The van der Waals surface area contributed by atoms with E-state index in [0.29, 0.717) is 17.2 Å². The van der Waals surface area contributed by atoms with Crippen LogP contribution in [0.25, 0.3) is 11.0 Å². The van der Waals surface area contributed by atoms with Crippen molar-refractivity contribution >= 4 is 38.6 Å². The second kappa shape index (κ2) is 7.70. The van der Waals surface area contributed by atoms with Crippen molar-refractivity contribution in [1.82, 2.24) is 19.8 Å². The summed E-state index contributed by atoms with van der Waals surface area (Å²) in [6.45, 7) is 4.12. The molecule has 8 nitrogen and oxygen atoms in total. The summed E-state index contributed by atoms with van der Waals surface area (Å²) in [5.74, 6) is -0.868. The molecule has 3 aromatic rings. The second-order valence-corrected chi connectivity index (χ2v) is 8.11. The molecule has 0 aliphatic carbocycles. The number of halogens is 1. The highest BCUT2D eigenvalue weighted by Crippen LogP contribution is 2.14. The maximum Gasteiger partial charge on any atom is 0.271 e. The van der Waals surface area contributed by atoms with Gasteiger partial charge in [-0.2, -0.15) is 0 Å². The molecule has 0 spiro atoms. The van der Waals surface area contributed by atoms with E-state index in [0.717, 1.165) is 5.69 Å². The number of fused-ring (bicyclic) bond motifs is 1. The number of nitrogens with one attached hydrogen (secondary N) is 2.